The molecule has 2 unspecified atom stereocenters. The molecule has 1 N–H and O–H groups in total. The van der Waals surface area contributed by atoms with E-state index in [1.807, 2.05) is 11.4 Å². The lowest BCUT2D eigenvalue weighted by Crippen LogP contribution is -2.44. The SMILES string of the molecule is CC1CN(Cc2csc(NC(=O)c3ccc(Br)s3)n2)CC(C)O1. The molecular formula is C15H18BrN3O2S2. The number of hydrogen-bond acceptors (Lipinski definition) is 6. The Bertz CT molecular complexity index is 678. The molecule has 1 aliphatic rings. The van der Waals surface area contributed by atoms with Gasteiger partial charge < -0.3 is 4.74 Å². The third kappa shape index (κ3) is 4.60. The number of hydrogen-bond donors (Lipinski definition) is 1. The maximum atomic E-state index is 12.1. The van der Waals surface area contributed by atoms with Gasteiger partial charge in [-0.1, -0.05) is 0 Å². The third-order valence-corrected chi connectivity index (χ3v) is 5.88. The zero-order valence-corrected chi connectivity index (χ0v) is 16.1. The topological polar surface area (TPSA) is 54.5 Å². The van der Waals surface area contributed by atoms with Gasteiger partial charge in [0.05, 0.1) is 26.6 Å². The minimum atomic E-state index is -0.116. The van der Waals surface area contributed by atoms with Crippen LogP contribution in [0.2, 0.25) is 0 Å². The van der Waals surface area contributed by atoms with Crippen LogP contribution in [-0.2, 0) is 11.3 Å². The predicted molar refractivity (Wildman–Crippen MR) is 97.4 cm³/mol. The molecule has 0 bridgehead atoms. The molecule has 0 aromatic carbocycles. The summed E-state index contributed by atoms with van der Waals surface area (Å²) < 4.78 is 6.69. The Balaban J connectivity index is 1.58. The van der Waals surface area contributed by atoms with Gasteiger partial charge in [0.1, 0.15) is 0 Å². The Kier molecular flexibility index (Phi) is 5.48. The van der Waals surface area contributed by atoms with Crippen molar-refractivity contribution in [2.45, 2.75) is 32.6 Å². The van der Waals surface area contributed by atoms with Crippen molar-refractivity contribution in [3.63, 3.8) is 0 Å². The molecule has 0 saturated carbocycles. The highest BCUT2D eigenvalue weighted by Gasteiger charge is 2.22. The zero-order chi connectivity index (χ0) is 16.4. The van der Waals surface area contributed by atoms with Crippen LogP contribution in [0.15, 0.2) is 21.3 Å². The minimum Gasteiger partial charge on any atom is -0.373 e. The number of rotatable bonds is 4. The first-order valence-corrected chi connectivity index (χ1v) is 9.87. The van der Waals surface area contributed by atoms with E-state index in [0.717, 1.165) is 29.1 Å². The smallest absolute Gasteiger partial charge is 0.267 e. The van der Waals surface area contributed by atoms with Crippen LogP contribution < -0.4 is 5.32 Å². The maximum absolute atomic E-state index is 12.1. The molecule has 8 heteroatoms. The number of thiophene rings is 1. The molecular weight excluding hydrogens is 398 g/mol. The van der Waals surface area contributed by atoms with E-state index in [2.05, 4.69) is 45.0 Å². The summed E-state index contributed by atoms with van der Waals surface area (Å²) in [5.74, 6) is -0.116. The first kappa shape index (κ1) is 17.0. The summed E-state index contributed by atoms with van der Waals surface area (Å²) in [6, 6.07) is 3.67. The first-order chi connectivity index (χ1) is 11.0. The van der Waals surface area contributed by atoms with Crippen molar-refractivity contribution in [3.8, 4) is 0 Å². The van der Waals surface area contributed by atoms with Gasteiger partial charge in [-0.2, -0.15) is 0 Å². The summed E-state index contributed by atoms with van der Waals surface area (Å²) in [7, 11) is 0. The Labute approximate surface area is 151 Å². The van der Waals surface area contributed by atoms with E-state index in [9.17, 15) is 4.79 Å². The van der Waals surface area contributed by atoms with Crippen LogP contribution in [0.3, 0.4) is 0 Å². The summed E-state index contributed by atoms with van der Waals surface area (Å²) in [6.07, 6.45) is 0.489. The second-order valence-electron chi connectivity index (χ2n) is 5.65. The van der Waals surface area contributed by atoms with Crippen molar-refractivity contribution in [3.05, 3.63) is 31.9 Å². The summed E-state index contributed by atoms with van der Waals surface area (Å²) in [5, 5.41) is 5.51. The van der Waals surface area contributed by atoms with Crippen LogP contribution in [0.1, 0.15) is 29.2 Å². The van der Waals surface area contributed by atoms with Crippen molar-refractivity contribution in [1.29, 1.82) is 0 Å². The summed E-state index contributed by atoms with van der Waals surface area (Å²) in [5.41, 5.74) is 0.985. The van der Waals surface area contributed by atoms with E-state index in [4.69, 9.17) is 4.74 Å². The Morgan fingerprint density at radius 2 is 2.17 bits per heavy atom. The van der Waals surface area contributed by atoms with E-state index in [1.165, 1.54) is 22.7 Å². The van der Waals surface area contributed by atoms with E-state index < -0.39 is 0 Å². The van der Waals surface area contributed by atoms with Crippen LogP contribution in [0.5, 0.6) is 0 Å². The number of anilines is 1. The highest BCUT2D eigenvalue weighted by molar-refractivity contribution is 9.11. The zero-order valence-electron chi connectivity index (χ0n) is 12.9. The van der Waals surface area contributed by atoms with Crippen molar-refractivity contribution in [2.24, 2.45) is 0 Å². The largest absolute Gasteiger partial charge is 0.373 e. The van der Waals surface area contributed by atoms with E-state index in [1.54, 1.807) is 6.07 Å². The van der Waals surface area contributed by atoms with Gasteiger partial charge in [-0.15, -0.1) is 22.7 Å². The predicted octanol–water partition coefficient (Wildman–Crippen LogP) is 3.83. The number of carbonyl (C=O) groups excluding carboxylic acids is 1. The molecule has 3 rings (SSSR count). The van der Waals surface area contributed by atoms with Gasteiger partial charge in [0.2, 0.25) is 0 Å². The van der Waals surface area contributed by atoms with Gasteiger partial charge in [0.25, 0.3) is 5.91 Å². The summed E-state index contributed by atoms with van der Waals surface area (Å²) >= 11 is 6.24. The maximum Gasteiger partial charge on any atom is 0.267 e. The molecule has 1 aliphatic heterocycles. The number of thiazole rings is 1. The molecule has 2 atom stereocenters. The normalized spacial score (nSPS) is 22.2. The lowest BCUT2D eigenvalue weighted by molar-refractivity contribution is -0.0707. The van der Waals surface area contributed by atoms with Gasteiger partial charge >= 0.3 is 0 Å². The second kappa shape index (κ2) is 7.40. The van der Waals surface area contributed by atoms with Crippen LogP contribution in [-0.4, -0.2) is 41.1 Å². The molecule has 2 aromatic rings. The molecule has 0 aliphatic carbocycles. The molecule has 0 spiro atoms. The van der Waals surface area contributed by atoms with Gasteiger partial charge in [-0.3, -0.25) is 15.0 Å². The molecule has 124 valence electrons. The van der Waals surface area contributed by atoms with Crippen molar-refractivity contribution in [1.82, 2.24) is 9.88 Å². The summed E-state index contributed by atoms with van der Waals surface area (Å²) in [6.45, 7) is 6.79. The van der Waals surface area contributed by atoms with Gasteiger partial charge in [0, 0.05) is 25.0 Å². The van der Waals surface area contributed by atoms with Crippen LogP contribution in [0.4, 0.5) is 5.13 Å². The fraction of sp³-hybridized carbons (Fsp3) is 0.467. The lowest BCUT2D eigenvalue weighted by atomic mass is 10.2. The highest BCUT2D eigenvalue weighted by atomic mass is 79.9. The van der Waals surface area contributed by atoms with Crippen molar-refractivity contribution >= 4 is 49.6 Å². The van der Waals surface area contributed by atoms with E-state index in [0.29, 0.717) is 10.0 Å². The van der Waals surface area contributed by atoms with Crippen molar-refractivity contribution in [2.75, 3.05) is 18.4 Å². The second-order valence-corrected chi connectivity index (χ2v) is 8.97. The fourth-order valence-electron chi connectivity index (χ4n) is 2.67. The molecule has 3 heterocycles. The van der Waals surface area contributed by atoms with E-state index in [-0.39, 0.29) is 18.1 Å². The van der Waals surface area contributed by atoms with Crippen LogP contribution in [0.25, 0.3) is 0 Å². The van der Waals surface area contributed by atoms with Gasteiger partial charge in [-0.05, 0) is 41.9 Å². The number of morpholine rings is 1. The molecule has 23 heavy (non-hydrogen) atoms. The Hall–Kier alpha value is -0.800. The quantitative estimate of drug-likeness (QED) is 0.823. The highest BCUT2D eigenvalue weighted by Crippen LogP contribution is 2.24. The van der Waals surface area contributed by atoms with E-state index >= 15 is 0 Å². The summed E-state index contributed by atoms with van der Waals surface area (Å²) in [4.78, 5) is 19.7. The lowest BCUT2D eigenvalue weighted by Gasteiger charge is -2.34. The third-order valence-electron chi connectivity index (χ3n) is 3.45. The fourth-order valence-corrected chi connectivity index (χ4v) is 4.65. The first-order valence-electron chi connectivity index (χ1n) is 7.38. The van der Waals surface area contributed by atoms with Crippen molar-refractivity contribution < 1.29 is 9.53 Å². The number of aromatic nitrogens is 1. The number of nitrogens with zero attached hydrogens (tertiary/aromatic N) is 2. The Morgan fingerprint density at radius 3 is 2.83 bits per heavy atom. The monoisotopic (exact) mass is 415 g/mol. The van der Waals surface area contributed by atoms with Gasteiger partial charge in [0.15, 0.2) is 5.13 Å². The van der Waals surface area contributed by atoms with Crippen LogP contribution in [0, 0.1) is 0 Å². The number of halogens is 1. The standard InChI is InChI=1S/C15H18BrN3O2S2/c1-9-5-19(6-10(2)21-9)7-11-8-22-15(17-11)18-14(20)12-3-4-13(16)23-12/h3-4,8-10H,5-7H2,1-2H3,(H,17,18,20). The van der Waals surface area contributed by atoms with Crippen LogP contribution >= 0.6 is 38.6 Å². The molecule has 1 fully saturated rings. The molecule has 5 nitrogen and oxygen atoms in total. The number of ether oxygens (including phenoxy) is 1. The number of nitrogens with one attached hydrogen (secondary N) is 1. The Morgan fingerprint density at radius 1 is 1.43 bits per heavy atom. The van der Waals surface area contributed by atoms with Gasteiger partial charge in [-0.25, -0.2) is 4.98 Å². The minimum absolute atomic E-state index is 0.116. The molecule has 1 amide bonds. The number of carbonyl (C=O) groups is 1. The molecule has 1 saturated heterocycles. The average Bonchev–Trinajstić information content (AvgIpc) is 3.07. The molecule has 0 radical (unpaired) electrons. The number of amides is 1. The average molecular weight is 416 g/mol. The molecule has 2 aromatic heterocycles.